The minimum absolute atomic E-state index is 0. The van der Waals surface area contributed by atoms with Gasteiger partial charge in [0.15, 0.2) is 0 Å². The normalized spacial score (nSPS) is 21.5. The third-order valence-electron chi connectivity index (χ3n) is 5.53. The van der Waals surface area contributed by atoms with Crippen LogP contribution in [-0.4, -0.2) is 30.5 Å². The third kappa shape index (κ3) is 3.28. The highest BCUT2D eigenvalue weighted by Crippen LogP contribution is 2.58. The Kier molecular flexibility index (Phi) is 5.09. The zero-order valence-corrected chi connectivity index (χ0v) is 15.1. The van der Waals surface area contributed by atoms with Gasteiger partial charge in [-0.3, -0.25) is 4.79 Å². The Labute approximate surface area is 153 Å². The van der Waals surface area contributed by atoms with Crippen LogP contribution in [0, 0.1) is 11.3 Å². The van der Waals surface area contributed by atoms with Crippen molar-refractivity contribution in [1.29, 1.82) is 0 Å². The molecule has 0 radical (unpaired) electrons. The van der Waals surface area contributed by atoms with Gasteiger partial charge in [0.1, 0.15) is 0 Å². The smallest absolute Gasteiger partial charge is 0.223 e. The molecule has 1 aromatic heterocycles. The van der Waals surface area contributed by atoms with Crippen LogP contribution in [0.15, 0.2) is 24.4 Å². The van der Waals surface area contributed by atoms with E-state index in [1.165, 1.54) is 5.56 Å². The van der Waals surface area contributed by atoms with Gasteiger partial charge in [0, 0.05) is 34.6 Å². The number of nitrogens with one attached hydrogen (secondary N) is 3. The van der Waals surface area contributed by atoms with Crippen LogP contribution in [0.3, 0.4) is 0 Å². The van der Waals surface area contributed by atoms with E-state index in [9.17, 15) is 4.79 Å². The van der Waals surface area contributed by atoms with Crippen molar-refractivity contribution < 1.29 is 4.79 Å². The van der Waals surface area contributed by atoms with Gasteiger partial charge in [-0.1, -0.05) is 11.6 Å². The van der Waals surface area contributed by atoms with Gasteiger partial charge >= 0.3 is 0 Å². The maximum Gasteiger partial charge on any atom is 0.223 e. The number of hydrogen-bond acceptors (Lipinski definition) is 2. The summed E-state index contributed by atoms with van der Waals surface area (Å²) in [6, 6.07) is 5.86. The average Bonchev–Trinajstić information content (AvgIpc) is 3.10. The highest BCUT2D eigenvalue weighted by Gasteiger charge is 2.57. The van der Waals surface area contributed by atoms with E-state index in [0.717, 1.165) is 54.7 Å². The molecule has 1 aliphatic carbocycles. The fourth-order valence-corrected chi connectivity index (χ4v) is 4.17. The van der Waals surface area contributed by atoms with E-state index < -0.39 is 0 Å². The highest BCUT2D eigenvalue weighted by molar-refractivity contribution is 6.31. The SMILES string of the molecule is Cl.O=C(NCCc1c[nH]c2ccc(Cl)cc12)C1CC12CCNCC2. The number of amides is 1. The number of aromatic nitrogens is 1. The van der Waals surface area contributed by atoms with Crippen LogP contribution in [0.2, 0.25) is 5.02 Å². The van der Waals surface area contributed by atoms with Crippen molar-refractivity contribution in [3.63, 3.8) is 0 Å². The van der Waals surface area contributed by atoms with Crippen molar-refractivity contribution in [1.82, 2.24) is 15.6 Å². The Balaban J connectivity index is 0.00000169. The first-order valence-corrected chi connectivity index (χ1v) is 8.80. The molecule has 0 bridgehead atoms. The van der Waals surface area contributed by atoms with Crippen molar-refractivity contribution in [2.75, 3.05) is 19.6 Å². The monoisotopic (exact) mass is 367 g/mol. The highest BCUT2D eigenvalue weighted by atomic mass is 35.5. The lowest BCUT2D eigenvalue weighted by atomic mass is 9.92. The van der Waals surface area contributed by atoms with Crippen LogP contribution < -0.4 is 10.6 Å². The molecular weight excluding hydrogens is 345 g/mol. The van der Waals surface area contributed by atoms with Gasteiger partial charge in [0.25, 0.3) is 0 Å². The van der Waals surface area contributed by atoms with Crippen LogP contribution in [0.4, 0.5) is 0 Å². The zero-order valence-electron chi connectivity index (χ0n) is 13.5. The van der Waals surface area contributed by atoms with Crippen molar-refractivity contribution in [2.24, 2.45) is 11.3 Å². The molecule has 2 heterocycles. The predicted molar refractivity (Wildman–Crippen MR) is 99.9 cm³/mol. The molecule has 3 N–H and O–H groups in total. The lowest BCUT2D eigenvalue weighted by molar-refractivity contribution is -0.123. The summed E-state index contributed by atoms with van der Waals surface area (Å²) in [5.74, 6) is 0.479. The molecule has 24 heavy (non-hydrogen) atoms. The van der Waals surface area contributed by atoms with E-state index >= 15 is 0 Å². The van der Waals surface area contributed by atoms with Crippen LogP contribution in [0.1, 0.15) is 24.8 Å². The first-order chi connectivity index (χ1) is 11.2. The second-order valence-corrected chi connectivity index (χ2v) is 7.35. The summed E-state index contributed by atoms with van der Waals surface area (Å²) >= 11 is 6.08. The summed E-state index contributed by atoms with van der Waals surface area (Å²) in [4.78, 5) is 15.6. The van der Waals surface area contributed by atoms with Gasteiger partial charge in [0.2, 0.25) is 5.91 Å². The molecule has 1 aromatic carbocycles. The van der Waals surface area contributed by atoms with Gasteiger partial charge in [-0.15, -0.1) is 12.4 Å². The molecule has 2 fully saturated rings. The summed E-state index contributed by atoms with van der Waals surface area (Å²) in [5, 5.41) is 8.39. The molecule has 4 nitrogen and oxygen atoms in total. The van der Waals surface area contributed by atoms with Crippen molar-refractivity contribution >= 4 is 40.8 Å². The van der Waals surface area contributed by atoms with Gasteiger partial charge in [0.05, 0.1) is 0 Å². The van der Waals surface area contributed by atoms with Gasteiger partial charge < -0.3 is 15.6 Å². The van der Waals surface area contributed by atoms with Gasteiger partial charge in [-0.2, -0.15) is 0 Å². The molecule has 2 aliphatic rings. The molecule has 1 atom stereocenters. The number of carbonyl (C=O) groups excluding carboxylic acids is 1. The van der Waals surface area contributed by atoms with Crippen LogP contribution >= 0.6 is 24.0 Å². The largest absolute Gasteiger partial charge is 0.361 e. The van der Waals surface area contributed by atoms with Crippen molar-refractivity contribution in [2.45, 2.75) is 25.7 Å². The van der Waals surface area contributed by atoms with E-state index in [1.807, 2.05) is 24.4 Å². The topological polar surface area (TPSA) is 56.9 Å². The Hall–Kier alpha value is -1.23. The van der Waals surface area contributed by atoms with E-state index in [0.29, 0.717) is 12.0 Å². The first-order valence-electron chi connectivity index (χ1n) is 8.42. The first kappa shape index (κ1) is 17.6. The lowest BCUT2D eigenvalue weighted by Crippen LogP contribution is -2.34. The summed E-state index contributed by atoms with van der Waals surface area (Å²) in [5.41, 5.74) is 2.60. The Morgan fingerprint density at radius 1 is 1.33 bits per heavy atom. The fraction of sp³-hybridized carbons (Fsp3) is 0.500. The number of H-pyrrole nitrogens is 1. The zero-order chi connectivity index (χ0) is 15.9. The van der Waals surface area contributed by atoms with Gasteiger partial charge in [-0.05, 0) is 68.0 Å². The van der Waals surface area contributed by atoms with E-state index in [4.69, 9.17) is 11.6 Å². The van der Waals surface area contributed by atoms with Crippen molar-refractivity contribution in [3.8, 4) is 0 Å². The summed E-state index contributed by atoms with van der Waals surface area (Å²) in [6.07, 6.45) is 6.20. The second kappa shape index (κ2) is 6.95. The molecule has 1 unspecified atom stereocenters. The molecule has 6 heteroatoms. The second-order valence-electron chi connectivity index (χ2n) is 6.91. The molecule has 1 amide bonds. The quantitative estimate of drug-likeness (QED) is 0.776. The van der Waals surface area contributed by atoms with E-state index in [-0.39, 0.29) is 24.2 Å². The Bertz CT molecular complexity index is 737. The minimum Gasteiger partial charge on any atom is -0.361 e. The van der Waals surface area contributed by atoms with E-state index in [2.05, 4.69) is 15.6 Å². The number of fused-ring (bicyclic) bond motifs is 1. The van der Waals surface area contributed by atoms with Crippen LogP contribution in [0.5, 0.6) is 0 Å². The molecule has 1 spiro atoms. The number of aromatic amines is 1. The number of piperidine rings is 1. The molecular formula is C18H23Cl2N3O. The average molecular weight is 368 g/mol. The number of hydrogen-bond donors (Lipinski definition) is 3. The number of carbonyl (C=O) groups is 1. The van der Waals surface area contributed by atoms with Crippen molar-refractivity contribution in [3.05, 3.63) is 35.0 Å². The van der Waals surface area contributed by atoms with E-state index in [1.54, 1.807) is 0 Å². The summed E-state index contributed by atoms with van der Waals surface area (Å²) < 4.78 is 0. The standard InChI is InChI=1S/C18H22ClN3O.ClH/c19-13-1-2-16-14(9-13)12(11-22-16)3-6-21-17(23)15-10-18(15)4-7-20-8-5-18;/h1-2,9,11,15,20,22H,3-8,10H2,(H,21,23);1H. The number of halogens is 2. The summed E-state index contributed by atoms with van der Waals surface area (Å²) in [7, 11) is 0. The molecule has 1 saturated heterocycles. The fourth-order valence-electron chi connectivity index (χ4n) is 4.00. The third-order valence-corrected chi connectivity index (χ3v) is 5.76. The van der Waals surface area contributed by atoms with Gasteiger partial charge in [-0.25, -0.2) is 0 Å². The Morgan fingerprint density at radius 3 is 2.92 bits per heavy atom. The molecule has 4 rings (SSSR count). The molecule has 2 aromatic rings. The molecule has 1 aliphatic heterocycles. The molecule has 130 valence electrons. The number of rotatable bonds is 4. The Morgan fingerprint density at radius 2 is 2.12 bits per heavy atom. The van der Waals surface area contributed by atoms with Crippen LogP contribution in [0.25, 0.3) is 10.9 Å². The molecule has 1 saturated carbocycles. The number of benzene rings is 1. The predicted octanol–water partition coefficient (Wildman–Crippen LogP) is 3.29. The maximum absolute atomic E-state index is 12.4. The maximum atomic E-state index is 12.4. The minimum atomic E-state index is 0. The van der Waals surface area contributed by atoms with Crippen LogP contribution in [-0.2, 0) is 11.2 Å². The summed E-state index contributed by atoms with van der Waals surface area (Å²) in [6.45, 7) is 2.79. The lowest BCUT2D eigenvalue weighted by Gasteiger charge is -2.23.